The summed E-state index contributed by atoms with van der Waals surface area (Å²) in [5, 5.41) is 3.42. The molecule has 27 heavy (non-hydrogen) atoms. The van der Waals surface area contributed by atoms with Gasteiger partial charge in [-0.3, -0.25) is 0 Å². The fraction of sp³-hybridized carbons (Fsp3) is 0.611. The third-order valence-electron chi connectivity index (χ3n) is 5.46. The average Bonchev–Trinajstić information content (AvgIpc) is 2.59. The van der Waals surface area contributed by atoms with Crippen LogP contribution in [-0.2, 0) is 11.3 Å². The van der Waals surface area contributed by atoms with E-state index in [0.29, 0.717) is 11.6 Å². The molecule has 1 aromatic carbocycles. The molecule has 0 radical (unpaired) electrons. The number of amides is 1. The van der Waals surface area contributed by atoms with Gasteiger partial charge in [0.2, 0.25) is 0 Å². The van der Waals surface area contributed by atoms with E-state index in [2.05, 4.69) is 20.2 Å². The van der Waals surface area contributed by atoms with Crippen molar-refractivity contribution in [3.8, 4) is 0 Å². The van der Waals surface area contributed by atoms with E-state index >= 15 is 0 Å². The largest absolute Gasteiger partial charge is 0.147 e. The Hall–Kier alpha value is 0.280. The standard InChI is InChI=1S/C13H15ClFNO.C5H11N2.2ClH.In/c1-2-3-4-5-13(17)16-9-10-6-11(14)8-12(15)7-10;1-7-4-2-6-3-5-7;;;/h5-8H,1-4,9H2,(H,16,17);2-5H2,1H3;2*1H;/q;-1;;;+1. The normalized spacial score (nSPS) is 21.1. The van der Waals surface area contributed by atoms with Crippen molar-refractivity contribution < 1.29 is 9.18 Å². The molecule has 2 saturated heterocycles. The minimum Gasteiger partial charge on any atom is -0.147 e. The summed E-state index contributed by atoms with van der Waals surface area (Å²) in [6, 6.07) is 4.44. The molecule has 1 amide bonds. The topological polar surface area (TPSA) is 35.6 Å². The van der Waals surface area contributed by atoms with Crippen LogP contribution in [0.25, 0.3) is 0 Å². The maximum absolute atomic E-state index is 13.4. The van der Waals surface area contributed by atoms with Gasteiger partial charge in [0.1, 0.15) is 0 Å². The molecule has 4 nitrogen and oxygen atoms in total. The van der Waals surface area contributed by atoms with Crippen molar-refractivity contribution in [3.63, 3.8) is 0 Å². The Morgan fingerprint density at radius 2 is 1.93 bits per heavy atom. The Balaban J connectivity index is 0.00000182. The minimum atomic E-state index is -2.07. The summed E-state index contributed by atoms with van der Waals surface area (Å²) in [7, 11) is 2.17. The van der Waals surface area contributed by atoms with Crippen LogP contribution in [0.5, 0.6) is 0 Å². The van der Waals surface area contributed by atoms with Gasteiger partial charge in [-0.25, -0.2) is 0 Å². The first-order valence-corrected chi connectivity index (χ1v) is 15.3. The summed E-state index contributed by atoms with van der Waals surface area (Å²) in [5.74, 6) is -0.177. The second-order valence-corrected chi connectivity index (χ2v) is 17.0. The smallest absolute Gasteiger partial charge is 0.147 e. The number of carbonyl (C=O) groups excluding carboxylic acids is 1. The SMILES string of the molecule is CN1CC[N]([In]2[CH2]CCC[CH]2C(=O)NCc2cc(F)cc(Cl)c2)CC1.Cl.Cl. The zero-order valence-electron chi connectivity index (χ0n) is 15.6. The van der Waals surface area contributed by atoms with Gasteiger partial charge < -0.3 is 0 Å². The van der Waals surface area contributed by atoms with Crippen LogP contribution >= 0.6 is 36.4 Å². The van der Waals surface area contributed by atoms with Crippen LogP contribution in [0.4, 0.5) is 4.39 Å². The van der Waals surface area contributed by atoms with Crippen LogP contribution in [0, 0.1) is 5.82 Å². The van der Waals surface area contributed by atoms with Crippen molar-refractivity contribution in [1.82, 2.24) is 13.1 Å². The van der Waals surface area contributed by atoms with E-state index in [1.807, 2.05) is 0 Å². The van der Waals surface area contributed by atoms with Gasteiger partial charge in [0.25, 0.3) is 0 Å². The van der Waals surface area contributed by atoms with Crippen molar-refractivity contribution in [3.05, 3.63) is 34.6 Å². The van der Waals surface area contributed by atoms with Gasteiger partial charge in [-0.2, -0.15) is 0 Å². The fourth-order valence-electron chi connectivity index (χ4n) is 4.04. The summed E-state index contributed by atoms with van der Waals surface area (Å²) in [6.45, 7) is 4.84. The first-order chi connectivity index (χ1) is 12.0. The predicted octanol–water partition coefficient (Wildman–Crippen LogP) is 3.73. The molecule has 1 aromatic rings. The van der Waals surface area contributed by atoms with Gasteiger partial charge in [-0.1, -0.05) is 0 Å². The first-order valence-electron chi connectivity index (χ1n) is 9.18. The molecule has 1 unspecified atom stereocenters. The van der Waals surface area contributed by atoms with Crippen molar-refractivity contribution in [2.75, 3.05) is 33.2 Å². The van der Waals surface area contributed by atoms with Crippen molar-refractivity contribution in [1.29, 1.82) is 0 Å². The Bertz CT molecular complexity index is 597. The maximum Gasteiger partial charge on any atom is -0.147 e. The number of halogens is 4. The van der Waals surface area contributed by atoms with Crippen molar-refractivity contribution >= 4 is 64.0 Å². The monoisotopic (exact) mass is 541 g/mol. The molecule has 0 bridgehead atoms. The van der Waals surface area contributed by atoms with Crippen LogP contribution in [0.15, 0.2) is 18.2 Å². The first kappa shape index (κ1) is 25.3. The second-order valence-electron chi connectivity index (χ2n) is 7.29. The molecular weight excluding hydrogens is 514 g/mol. The van der Waals surface area contributed by atoms with Crippen LogP contribution in [0.3, 0.4) is 0 Å². The molecule has 2 fully saturated rings. The predicted molar refractivity (Wildman–Crippen MR) is 115 cm³/mol. The van der Waals surface area contributed by atoms with E-state index in [-0.39, 0.29) is 40.2 Å². The molecule has 9 heteroatoms. The molecule has 0 spiro atoms. The number of piperazine rings is 1. The fourth-order valence-corrected chi connectivity index (χ4v) is 15.6. The molecule has 0 aliphatic carbocycles. The quantitative estimate of drug-likeness (QED) is 0.630. The molecule has 0 aromatic heterocycles. The van der Waals surface area contributed by atoms with Gasteiger partial charge in [-0.15, -0.1) is 24.8 Å². The van der Waals surface area contributed by atoms with Gasteiger partial charge in [0, 0.05) is 0 Å². The molecule has 2 aliphatic rings. The molecular formula is C18H28Cl3FInN3O. The van der Waals surface area contributed by atoms with E-state index in [1.165, 1.54) is 22.7 Å². The molecule has 1 N–H and O–H groups in total. The Kier molecular flexibility index (Phi) is 11.3. The third kappa shape index (κ3) is 7.23. The van der Waals surface area contributed by atoms with Gasteiger partial charge in [0.05, 0.1) is 0 Å². The molecule has 3 rings (SSSR count). The van der Waals surface area contributed by atoms with E-state index in [4.69, 9.17) is 11.6 Å². The number of hydrogen-bond acceptors (Lipinski definition) is 3. The van der Waals surface area contributed by atoms with E-state index in [9.17, 15) is 9.18 Å². The summed E-state index contributed by atoms with van der Waals surface area (Å²) in [6.07, 6.45) is 3.48. The van der Waals surface area contributed by atoms with Crippen LogP contribution in [0.1, 0.15) is 24.8 Å². The Morgan fingerprint density at radius 1 is 1.22 bits per heavy atom. The number of rotatable bonds is 4. The van der Waals surface area contributed by atoms with E-state index < -0.39 is 21.7 Å². The molecule has 2 heterocycles. The van der Waals surface area contributed by atoms with Crippen LogP contribution in [0.2, 0.25) is 12.9 Å². The summed E-state index contributed by atoms with van der Waals surface area (Å²) < 4.78 is 17.7. The number of nitrogens with one attached hydrogen (secondary N) is 1. The zero-order chi connectivity index (χ0) is 17.8. The number of nitrogens with zero attached hydrogens (tertiary/aromatic N) is 2. The molecule has 152 valence electrons. The maximum atomic E-state index is 13.4. The minimum absolute atomic E-state index is 0. The van der Waals surface area contributed by atoms with Crippen molar-refractivity contribution in [2.24, 2.45) is 0 Å². The van der Waals surface area contributed by atoms with Crippen LogP contribution in [-0.4, -0.2) is 68.6 Å². The number of hydrogen-bond donors (Lipinski definition) is 1. The van der Waals surface area contributed by atoms with Crippen molar-refractivity contribution in [2.45, 2.75) is 33.7 Å². The molecule has 1 atom stereocenters. The van der Waals surface area contributed by atoms with Gasteiger partial charge >= 0.3 is 163 Å². The molecule has 2 aliphatic heterocycles. The van der Waals surface area contributed by atoms with E-state index in [1.54, 1.807) is 6.07 Å². The second kappa shape index (κ2) is 12.1. The summed E-state index contributed by atoms with van der Waals surface area (Å²) in [4.78, 5) is 15.2. The summed E-state index contributed by atoms with van der Waals surface area (Å²) >= 11 is 3.82. The third-order valence-corrected chi connectivity index (χ3v) is 17.2. The van der Waals surface area contributed by atoms with Crippen LogP contribution < -0.4 is 5.32 Å². The van der Waals surface area contributed by atoms with Gasteiger partial charge in [0.15, 0.2) is 0 Å². The molecule has 0 saturated carbocycles. The Morgan fingerprint density at radius 3 is 2.59 bits per heavy atom. The Labute approximate surface area is 186 Å². The van der Waals surface area contributed by atoms with E-state index in [0.717, 1.165) is 44.6 Å². The number of carbonyl (C=O) groups is 1. The zero-order valence-corrected chi connectivity index (χ0v) is 21.3. The number of likely N-dealkylation sites (N-methyl/N-ethyl adjacent to an activating group) is 1. The summed E-state index contributed by atoms with van der Waals surface area (Å²) in [5.41, 5.74) is 0.723. The number of benzene rings is 1. The van der Waals surface area contributed by atoms with Gasteiger partial charge in [-0.05, 0) is 0 Å². The average molecular weight is 543 g/mol.